The summed E-state index contributed by atoms with van der Waals surface area (Å²) in [6.45, 7) is 3.52. The van der Waals surface area contributed by atoms with Gasteiger partial charge in [-0.15, -0.1) is 0 Å². The van der Waals surface area contributed by atoms with Crippen LogP contribution in [0.1, 0.15) is 12.8 Å². The molecule has 1 saturated heterocycles. The van der Waals surface area contributed by atoms with Gasteiger partial charge in [0.25, 0.3) is 0 Å². The largest absolute Gasteiger partial charge is 1.00 e. The standard InChI is InChI=1S/C8H17N2.K/c1-9-7-8-3-5-10(2)6-4-8;/h8-9H,2-7H2,1H3;/q-1;+1. The summed E-state index contributed by atoms with van der Waals surface area (Å²) in [4.78, 5) is 2.16. The van der Waals surface area contributed by atoms with E-state index in [4.69, 9.17) is 0 Å². The molecule has 0 aromatic carbocycles. The molecule has 1 fully saturated rings. The molecule has 3 heteroatoms. The number of hydrogen-bond acceptors (Lipinski definition) is 2. The summed E-state index contributed by atoms with van der Waals surface area (Å²) in [6.07, 6.45) is 2.62. The normalized spacial score (nSPS) is 21.3. The van der Waals surface area contributed by atoms with Crippen LogP contribution in [0.15, 0.2) is 0 Å². The van der Waals surface area contributed by atoms with Crippen molar-refractivity contribution in [3.8, 4) is 0 Å². The Hall–Kier alpha value is 1.56. The van der Waals surface area contributed by atoms with Crippen molar-refractivity contribution in [1.82, 2.24) is 10.2 Å². The third-order valence-electron chi connectivity index (χ3n) is 2.20. The molecule has 1 N–H and O–H groups in total. The summed E-state index contributed by atoms with van der Waals surface area (Å²) in [6, 6.07) is 0. The number of nitrogens with one attached hydrogen (secondary N) is 1. The molecular weight excluding hydrogens is 163 g/mol. The van der Waals surface area contributed by atoms with Crippen LogP contribution in [0.3, 0.4) is 0 Å². The van der Waals surface area contributed by atoms with Gasteiger partial charge in [-0.3, -0.25) is 7.05 Å². The molecule has 1 aliphatic heterocycles. The average molecular weight is 180 g/mol. The maximum Gasteiger partial charge on any atom is 1.00 e. The number of nitrogens with zero attached hydrogens (tertiary/aromatic N) is 1. The number of hydrogen-bond donors (Lipinski definition) is 1. The Balaban J connectivity index is 0.000001000. The first-order valence-electron chi connectivity index (χ1n) is 4.03. The summed E-state index contributed by atoms with van der Waals surface area (Å²) in [5.41, 5.74) is 0. The second kappa shape index (κ2) is 7.01. The predicted molar refractivity (Wildman–Crippen MR) is 43.6 cm³/mol. The average Bonchev–Trinajstić information content (AvgIpc) is 1.95. The minimum absolute atomic E-state index is 0. The van der Waals surface area contributed by atoms with Gasteiger partial charge in [0.15, 0.2) is 0 Å². The molecule has 0 saturated carbocycles. The Morgan fingerprint density at radius 3 is 2.45 bits per heavy atom. The molecule has 1 rings (SSSR count). The van der Waals surface area contributed by atoms with Gasteiger partial charge in [0.1, 0.15) is 0 Å². The van der Waals surface area contributed by atoms with Crippen LogP contribution < -0.4 is 56.7 Å². The molecular formula is C8H17KN2. The van der Waals surface area contributed by atoms with Crippen LogP contribution in [0.5, 0.6) is 0 Å². The van der Waals surface area contributed by atoms with E-state index in [-0.39, 0.29) is 51.4 Å². The first-order chi connectivity index (χ1) is 4.83. The van der Waals surface area contributed by atoms with Gasteiger partial charge in [0.05, 0.1) is 0 Å². The minimum atomic E-state index is 0. The number of rotatable bonds is 2. The fourth-order valence-electron chi connectivity index (χ4n) is 1.48. The van der Waals surface area contributed by atoms with Crippen LogP contribution >= 0.6 is 0 Å². The zero-order valence-corrected chi connectivity index (χ0v) is 10.9. The first-order valence-corrected chi connectivity index (χ1v) is 4.03. The van der Waals surface area contributed by atoms with Crippen molar-refractivity contribution < 1.29 is 51.4 Å². The molecule has 0 aliphatic carbocycles. The molecule has 0 bridgehead atoms. The van der Waals surface area contributed by atoms with Crippen molar-refractivity contribution in [3.05, 3.63) is 7.05 Å². The van der Waals surface area contributed by atoms with Gasteiger partial charge in [-0.1, -0.05) is 0 Å². The third-order valence-corrected chi connectivity index (χ3v) is 2.20. The molecule has 1 aliphatic rings. The molecule has 60 valence electrons. The van der Waals surface area contributed by atoms with E-state index in [0.717, 1.165) is 5.92 Å². The summed E-state index contributed by atoms with van der Waals surface area (Å²) in [5.74, 6) is 0.892. The molecule has 0 spiro atoms. The van der Waals surface area contributed by atoms with Crippen LogP contribution in [0.25, 0.3) is 0 Å². The minimum Gasteiger partial charge on any atom is -0.459 e. The molecule has 0 aromatic rings. The summed E-state index contributed by atoms with van der Waals surface area (Å²) in [5, 5.41) is 3.21. The van der Waals surface area contributed by atoms with E-state index in [0.29, 0.717) is 0 Å². The second-order valence-corrected chi connectivity index (χ2v) is 3.12. The van der Waals surface area contributed by atoms with E-state index < -0.39 is 0 Å². The number of likely N-dealkylation sites (tertiary alicyclic amines) is 1. The predicted octanol–water partition coefficient (Wildman–Crippen LogP) is -2.29. The summed E-state index contributed by atoms with van der Waals surface area (Å²) >= 11 is 0. The molecule has 0 atom stereocenters. The van der Waals surface area contributed by atoms with Crippen molar-refractivity contribution in [2.75, 3.05) is 26.7 Å². The van der Waals surface area contributed by atoms with Crippen molar-refractivity contribution in [1.29, 1.82) is 0 Å². The maximum absolute atomic E-state index is 3.90. The number of piperidine rings is 1. The van der Waals surface area contributed by atoms with Crippen LogP contribution in [-0.2, 0) is 0 Å². The van der Waals surface area contributed by atoms with Crippen molar-refractivity contribution in [3.63, 3.8) is 0 Å². The Morgan fingerprint density at radius 1 is 1.45 bits per heavy atom. The fraction of sp³-hybridized carbons (Fsp3) is 0.875. The Kier molecular flexibility index (Phi) is 8.00. The van der Waals surface area contributed by atoms with Gasteiger partial charge in [-0.05, 0) is 45.4 Å². The maximum atomic E-state index is 3.90. The Bertz CT molecular complexity index is 90.1. The molecule has 0 radical (unpaired) electrons. The summed E-state index contributed by atoms with van der Waals surface area (Å²) < 4.78 is 0. The van der Waals surface area contributed by atoms with E-state index in [1.807, 2.05) is 7.05 Å². The van der Waals surface area contributed by atoms with E-state index in [2.05, 4.69) is 17.3 Å². The fourth-order valence-corrected chi connectivity index (χ4v) is 1.48. The van der Waals surface area contributed by atoms with Gasteiger partial charge < -0.3 is 10.2 Å². The first kappa shape index (κ1) is 12.6. The zero-order chi connectivity index (χ0) is 7.40. The van der Waals surface area contributed by atoms with Gasteiger partial charge in [0, 0.05) is 0 Å². The van der Waals surface area contributed by atoms with Gasteiger partial charge >= 0.3 is 51.4 Å². The topological polar surface area (TPSA) is 15.3 Å². The van der Waals surface area contributed by atoms with Crippen LogP contribution in [0.2, 0.25) is 0 Å². The van der Waals surface area contributed by atoms with Crippen LogP contribution in [0.4, 0.5) is 0 Å². The zero-order valence-electron chi connectivity index (χ0n) is 7.77. The smallest absolute Gasteiger partial charge is 0.459 e. The molecule has 0 amide bonds. The van der Waals surface area contributed by atoms with Crippen molar-refractivity contribution >= 4 is 0 Å². The monoisotopic (exact) mass is 180 g/mol. The van der Waals surface area contributed by atoms with Crippen LogP contribution in [0, 0.1) is 13.0 Å². The quantitative estimate of drug-likeness (QED) is 0.380. The molecule has 0 aromatic heterocycles. The second-order valence-electron chi connectivity index (χ2n) is 3.12. The Labute approximate surface area is 113 Å². The van der Waals surface area contributed by atoms with E-state index in [1.54, 1.807) is 0 Å². The van der Waals surface area contributed by atoms with Gasteiger partial charge in [-0.25, -0.2) is 0 Å². The van der Waals surface area contributed by atoms with E-state index in [9.17, 15) is 0 Å². The Morgan fingerprint density at radius 2 is 2.00 bits per heavy atom. The van der Waals surface area contributed by atoms with Gasteiger partial charge in [-0.2, -0.15) is 0 Å². The summed E-state index contributed by atoms with van der Waals surface area (Å²) in [7, 11) is 5.93. The molecule has 11 heavy (non-hydrogen) atoms. The van der Waals surface area contributed by atoms with Gasteiger partial charge in [0.2, 0.25) is 0 Å². The van der Waals surface area contributed by atoms with Crippen LogP contribution in [-0.4, -0.2) is 31.6 Å². The van der Waals surface area contributed by atoms with Crippen molar-refractivity contribution in [2.45, 2.75) is 12.8 Å². The molecule has 1 heterocycles. The van der Waals surface area contributed by atoms with E-state index in [1.165, 1.54) is 32.5 Å². The van der Waals surface area contributed by atoms with E-state index >= 15 is 0 Å². The van der Waals surface area contributed by atoms with Crippen molar-refractivity contribution in [2.24, 2.45) is 5.92 Å². The third kappa shape index (κ3) is 4.98. The SMILES string of the molecule is [CH2-]N1CCC(CNC)CC1.[K+]. The molecule has 2 nitrogen and oxygen atoms in total. The molecule has 0 unspecified atom stereocenters.